The Balaban J connectivity index is 1.60. The van der Waals surface area contributed by atoms with Crippen LogP contribution in [0.2, 0.25) is 0 Å². The highest BCUT2D eigenvalue weighted by Crippen LogP contribution is 2.65. The van der Waals surface area contributed by atoms with Crippen molar-refractivity contribution in [2.45, 2.75) is 71.8 Å². The topological polar surface area (TPSA) is 151 Å². The van der Waals surface area contributed by atoms with E-state index in [0.717, 1.165) is 0 Å². The molecule has 3 aliphatic rings. The third kappa shape index (κ3) is 6.81. The smallest absolute Gasteiger partial charge is 0.356 e. The predicted molar refractivity (Wildman–Crippen MR) is 151 cm³/mol. The van der Waals surface area contributed by atoms with Crippen LogP contribution in [0.15, 0.2) is 24.3 Å². The summed E-state index contributed by atoms with van der Waals surface area (Å²) < 4.78 is 39.4. The highest BCUT2D eigenvalue weighted by atomic mass is 19.4. The van der Waals surface area contributed by atoms with Gasteiger partial charge in [0.1, 0.15) is 12.1 Å². The van der Waals surface area contributed by atoms with Crippen LogP contribution in [-0.4, -0.2) is 70.8 Å². The summed E-state index contributed by atoms with van der Waals surface area (Å²) in [7, 11) is 0. The number of rotatable bonds is 7. The standard InChI is InChI=1S/C30H36F3N5O6/c1-28(2,3)23(36-27(42)30(31,32)33)26(41)37-15-20-21(29(20,4)5)22(37)25(40)35-18(14-17-12-13-34-24(17)39)9-6-16-7-10-19(11-8-16)38(43)44/h7-8,10-11,17-18,20-23H,12-15H2,1-5H3,(H,34,39)(H,35,40)(H,36,42)/t17-,18+,20-,21-,22-,23+/m0/s1. The second-order valence-electron chi connectivity index (χ2n) is 13.3. The number of amides is 4. The molecule has 4 amide bonds. The van der Waals surface area contributed by atoms with Gasteiger partial charge in [0, 0.05) is 36.7 Å². The number of likely N-dealkylation sites (tertiary alicyclic amines) is 1. The summed E-state index contributed by atoms with van der Waals surface area (Å²) in [5.74, 6) is 1.28. The van der Waals surface area contributed by atoms with E-state index in [0.29, 0.717) is 18.5 Å². The van der Waals surface area contributed by atoms with Crippen molar-refractivity contribution in [1.82, 2.24) is 20.9 Å². The Morgan fingerprint density at radius 2 is 1.80 bits per heavy atom. The van der Waals surface area contributed by atoms with E-state index in [2.05, 4.69) is 22.5 Å². The molecule has 1 aromatic rings. The fraction of sp³-hybridized carbons (Fsp3) is 0.600. The molecular formula is C30H36F3N5O6. The van der Waals surface area contributed by atoms with Crippen LogP contribution >= 0.6 is 0 Å². The highest BCUT2D eigenvalue weighted by molar-refractivity contribution is 5.95. The minimum Gasteiger partial charge on any atom is -0.356 e. The van der Waals surface area contributed by atoms with E-state index in [4.69, 9.17) is 0 Å². The van der Waals surface area contributed by atoms with E-state index in [1.54, 1.807) is 0 Å². The van der Waals surface area contributed by atoms with Gasteiger partial charge in [0.25, 0.3) is 5.69 Å². The molecule has 2 aliphatic heterocycles. The Kier molecular flexibility index (Phi) is 8.74. The van der Waals surface area contributed by atoms with Crippen molar-refractivity contribution in [2.75, 3.05) is 13.1 Å². The predicted octanol–water partition coefficient (Wildman–Crippen LogP) is 2.53. The molecule has 0 unspecified atom stereocenters. The van der Waals surface area contributed by atoms with Crippen molar-refractivity contribution >= 4 is 29.3 Å². The molecule has 0 bridgehead atoms. The number of nitrogens with zero attached hydrogens (tertiary/aromatic N) is 2. The third-order valence-corrected chi connectivity index (χ3v) is 8.87. The van der Waals surface area contributed by atoms with Gasteiger partial charge in [-0.05, 0) is 47.6 Å². The monoisotopic (exact) mass is 619 g/mol. The van der Waals surface area contributed by atoms with Gasteiger partial charge in [-0.3, -0.25) is 29.3 Å². The number of benzene rings is 1. The van der Waals surface area contributed by atoms with Gasteiger partial charge >= 0.3 is 12.1 Å². The first kappa shape index (κ1) is 32.8. The zero-order valence-electron chi connectivity index (χ0n) is 25.1. The summed E-state index contributed by atoms with van der Waals surface area (Å²) in [4.78, 5) is 63.6. The molecule has 0 aromatic heterocycles. The first-order chi connectivity index (χ1) is 20.3. The van der Waals surface area contributed by atoms with Gasteiger partial charge in [-0.15, -0.1) is 0 Å². The zero-order valence-corrected chi connectivity index (χ0v) is 25.1. The second-order valence-corrected chi connectivity index (χ2v) is 13.3. The molecule has 238 valence electrons. The van der Waals surface area contributed by atoms with Gasteiger partial charge in [0.05, 0.1) is 11.0 Å². The molecule has 2 saturated heterocycles. The molecule has 4 rings (SSSR count). The van der Waals surface area contributed by atoms with Crippen LogP contribution in [0.25, 0.3) is 0 Å². The number of non-ortho nitro benzene ring substituents is 1. The van der Waals surface area contributed by atoms with Crippen LogP contribution in [0.1, 0.15) is 53.0 Å². The van der Waals surface area contributed by atoms with Crippen molar-refractivity contribution in [3.05, 3.63) is 39.9 Å². The Bertz CT molecular complexity index is 1410. The molecule has 0 spiro atoms. The maximum Gasteiger partial charge on any atom is 0.471 e. The Labute approximate surface area is 252 Å². The maximum absolute atomic E-state index is 13.9. The SMILES string of the molecule is CC(C)(C)[C@H](NC(=O)C(F)(F)F)C(=O)N1C[C@H]2[C@@H]([C@H]1C(=O)N[C@H](C#Cc1ccc([N+](=O)[O-])cc1)C[C@@H]1CCNC1=O)C2(C)C. The average Bonchev–Trinajstić information content (AvgIpc) is 3.26. The molecule has 3 fully saturated rings. The number of hydrogen-bond acceptors (Lipinski definition) is 6. The Morgan fingerprint density at radius 3 is 2.32 bits per heavy atom. The van der Waals surface area contributed by atoms with E-state index in [1.807, 2.05) is 19.2 Å². The summed E-state index contributed by atoms with van der Waals surface area (Å²) in [6, 6.07) is 2.09. The summed E-state index contributed by atoms with van der Waals surface area (Å²) >= 11 is 0. The Hall–Kier alpha value is -4.15. The molecular weight excluding hydrogens is 583 g/mol. The van der Waals surface area contributed by atoms with Crippen LogP contribution in [0.5, 0.6) is 0 Å². The molecule has 1 aromatic carbocycles. The first-order valence-electron chi connectivity index (χ1n) is 14.3. The van der Waals surface area contributed by atoms with Gasteiger partial charge in [-0.2, -0.15) is 13.2 Å². The van der Waals surface area contributed by atoms with E-state index >= 15 is 0 Å². The van der Waals surface area contributed by atoms with Gasteiger partial charge in [0.15, 0.2) is 0 Å². The van der Waals surface area contributed by atoms with Crippen molar-refractivity contribution < 1.29 is 37.3 Å². The lowest BCUT2D eigenvalue weighted by atomic mass is 9.85. The molecule has 2 heterocycles. The summed E-state index contributed by atoms with van der Waals surface area (Å²) in [5.41, 5.74) is -1.08. The molecule has 1 aliphatic carbocycles. The normalized spacial score (nSPS) is 25.1. The van der Waals surface area contributed by atoms with Gasteiger partial charge in [-0.1, -0.05) is 46.5 Å². The summed E-state index contributed by atoms with van der Waals surface area (Å²) in [6.45, 7) is 9.08. The van der Waals surface area contributed by atoms with Gasteiger partial charge < -0.3 is 20.9 Å². The highest BCUT2D eigenvalue weighted by Gasteiger charge is 2.70. The number of halogens is 3. The lowest BCUT2D eigenvalue weighted by Gasteiger charge is -2.38. The van der Waals surface area contributed by atoms with Crippen LogP contribution in [0.3, 0.4) is 0 Å². The minimum absolute atomic E-state index is 0.0774. The quantitative estimate of drug-likeness (QED) is 0.243. The average molecular weight is 620 g/mol. The van der Waals surface area contributed by atoms with Crippen LogP contribution in [-0.2, 0) is 19.2 Å². The fourth-order valence-corrected chi connectivity index (χ4v) is 6.24. The zero-order chi connectivity index (χ0) is 32.8. The Morgan fingerprint density at radius 1 is 1.16 bits per heavy atom. The molecule has 3 N–H and O–H groups in total. The van der Waals surface area contributed by atoms with E-state index in [9.17, 15) is 42.5 Å². The molecule has 11 nitrogen and oxygen atoms in total. The van der Waals surface area contributed by atoms with Crippen LogP contribution in [0, 0.1) is 50.5 Å². The van der Waals surface area contributed by atoms with Gasteiger partial charge in [-0.25, -0.2) is 0 Å². The summed E-state index contributed by atoms with van der Waals surface area (Å²) in [5, 5.41) is 18.4. The lowest BCUT2D eigenvalue weighted by molar-refractivity contribution is -0.384. The van der Waals surface area contributed by atoms with E-state index in [-0.39, 0.29) is 41.8 Å². The van der Waals surface area contributed by atoms with E-state index < -0.39 is 58.3 Å². The fourth-order valence-electron chi connectivity index (χ4n) is 6.24. The number of nitrogens with one attached hydrogen (secondary N) is 3. The van der Waals surface area contributed by atoms with Gasteiger partial charge in [0.2, 0.25) is 17.7 Å². The molecule has 0 radical (unpaired) electrons. The number of fused-ring (bicyclic) bond motifs is 1. The number of carbonyl (C=O) groups excluding carboxylic acids is 4. The number of piperidine rings is 1. The van der Waals surface area contributed by atoms with Crippen molar-refractivity contribution in [1.29, 1.82) is 0 Å². The van der Waals surface area contributed by atoms with Crippen molar-refractivity contribution in [3.63, 3.8) is 0 Å². The van der Waals surface area contributed by atoms with Crippen LogP contribution in [0.4, 0.5) is 18.9 Å². The third-order valence-electron chi connectivity index (χ3n) is 8.87. The molecule has 1 saturated carbocycles. The van der Waals surface area contributed by atoms with Crippen molar-refractivity contribution in [3.8, 4) is 11.8 Å². The first-order valence-corrected chi connectivity index (χ1v) is 14.3. The lowest BCUT2D eigenvalue weighted by Crippen LogP contribution is -2.61. The number of nitro groups is 1. The minimum atomic E-state index is -5.20. The summed E-state index contributed by atoms with van der Waals surface area (Å²) in [6.07, 6.45) is -4.50. The maximum atomic E-state index is 13.9. The number of nitro benzene ring substituents is 1. The molecule has 6 atom stereocenters. The molecule has 44 heavy (non-hydrogen) atoms. The number of alkyl halides is 3. The number of hydrogen-bond donors (Lipinski definition) is 3. The second kappa shape index (κ2) is 11.7. The van der Waals surface area contributed by atoms with Crippen LogP contribution < -0.4 is 16.0 Å². The number of carbonyl (C=O) groups is 4. The molecule has 14 heteroatoms. The van der Waals surface area contributed by atoms with E-state index in [1.165, 1.54) is 49.9 Å². The largest absolute Gasteiger partial charge is 0.471 e. The van der Waals surface area contributed by atoms with Crippen molar-refractivity contribution in [2.24, 2.45) is 28.6 Å².